The maximum absolute atomic E-state index is 11.4. The molecule has 2 heterocycles. The lowest BCUT2D eigenvalue weighted by Crippen LogP contribution is -2.49. The van der Waals surface area contributed by atoms with Crippen LogP contribution in [0.25, 0.3) is 0 Å². The van der Waals surface area contributed by atoms with E-state index in [4.69, 9.17) is 0 Å². The van der Waals surface area contributed by atoms with Gasteiger partial charge in [0.05, 0.1) is 5.69 Å². The molecule has 6 heteroatoms. The lowest BCUT2D eigenvalue weighted by atomic mass is 10.1. The lowest BCUT2D eigenvalue weighted by molar-refractivity contribution is -0.520. The van der Waals surface area contributed by atoms with Crippen molar-refractivity contribution in [1.29, 1.82) is 0 Å². The average molecular weight is 276 g/mol. The van der Waals surface area contributed by atoms with Crippen molar-refractivity contribution < 1.29 is 4.92 Å². The molecule has 108 valence electrons. The van der Waals surface area contributed by atoms with E-state index in [9.17, 15) is 10.1 Å². The summed E-state index contributed by atoms with van der Waals surface area (Å²) in [7, 11) is 0. The Balaban J connectivity index is 2.15. The summed E-state index contributed by atoms with van der Waals surface area (Å²) >= 11 is 0. The summed E-state index contributed by atoms with van der Waals surface area (Å²) in [6.07, 6.45) is 3.28. The number of allylic oxidation sites excluding steroid dienone is 1. The van der Waals surface area contributed by atoms with Gasteiger partial charge in [0.1, 0.15) is 6.17 Å². The second kappa shape index (κ2) is 6.58. The molecular formula is C14H20N4O2. The van der Waals surface area contributed by atoms with Crippen LogP contribution >= 0.6 is 0 Å². The predicted octanol–water partition coefficient (Wildman–Crippen LogP) is 1.42. The highest BCUT2D eigenvalue weighted by Gasteiger charge is 2.39. The molecule has 1 saturated heterocycles. The molecule has 1 aromatic rings. The Hall–Kier alpha value is -1.79. The van der Waals surface area contributed by atoms with Gasteiger partial charge < -0.3 is 0 Å². The first kappa shape index (κ1) is 14.6. The van der Waals surface area contributed by atoms with Gasteiger partial charge in [0.15, 0.2) is 0 Å². The van der Waals surface area contributed by atoms with E-state index in [0.717, 1.165) is 24.4 Å². The Morgan fingerprint density at radius 2 is 2.50 bits per heavy atom. The van der Waals surface area contributed by atoms with Crippen LogP contribution in [-0.2, 0) is 6.54 Å². The highest BCUT2D eigenvalue weighted by Crippen LogP contribution is 2.18. The minimum absolute atomic E-state index is 0.205. The molecule has 1 fully saturated rings. The molecule has 0 aromatic carbocycles. The third-order valence-electron chi connectivity index (χ3n) is 3.69. The highest BCUT2D eigenvalue weighted by atomic mass is 16.6. The summed E-state index contributed by atoms with van der Waals surface area (Å²) < 4.78 is 0. The van der Waals surface area contributed by atoms with E-state index < -0.39 is 6.04 Å². The number of hydrogen-bond donors (Lipinski definition) is 1. The first-order chi connectivity index (χ1) is 9.63. The normalized spacial score (nSPS) is 21.9. The lowest BCUT2D eigenvalue weighted by Gasteiger charge is -2.26. The van der Waals surface area contributed by atoms with Crippen LogP contribution in [0.1, 0.15) is 19.5 Å². The van der Waals surface area contributed by atoms with Gasteiger partial charge in [-0.2, -0.15) is 0 Å². The molecule has 0 saturated carbocycles. The standard InChI is InChI=1S/C14H20N4O2/c1-3-11(2)13(18(19)20)14-16-8-9-17(14)10-12-6-4-5-7-15-12/h3-7,13-14,16H,8-10H2,1-2H3/b11-3+. The Labute approximate surface area is 118 Å². The number of rotatable bonds is 5. The zero-order valence-corrected chi connectivity index (χ0v) is 11.8. The van der Waals surface area contributed by atoms with Crippen molar-refractivity contribution in [3.8, 4) is 0 Å². The molecule has 2 rings (SSSR count). The molecule has 1 N–H and O–H groups in total. The SMILES string of the molecule is C/C=C(\C)C(C1NCCN1Cc1ccccn1)[N+](=O)[O-]. The first-order valence-electron chi connectivity index (χ1n) is 6.77. The molecule has 0 spiro atoms. The van der Waals surface area contributed by atoms with Crippen molar-refractivity contribution in [2.45, 2.75) is 32.6 Å². The molecule has 0 radical (unpaired) electrons. The fraction of sp³-hybridized carbons (Fsp3) is 0.500. The molecule has 2 unspecified atom stereocenters. The number of pyridine rings is 1. The van der Waals surface area contributed by atoms with E-state index >= 15 is 0 Å². The zero-order valence-electron chi connectivity index (χ0n) is 11.8. The summed E-state index contributed by atoms with van der Waals surface area (Å²) in [5.41, 5.74) is 1.71. The van der Waals surface area contributed by atoms with E-state index in [1.807, 2.05) is 38.1 Å². The van der Waals surface area contributed by atoms with Crippen LogP contribution in [0, 0.1) is 10.1 Å². The van der Waals surface area contributed by atoms with Crippen molar-refractivity contribution in [2.24, 2.45) is 0 Å². The fourth-order valence-electron chi connectivity index (χ4n) is 2.51. The Morgan fingerprint density at radius 1 is 1.70 bits per heavy atom. The second-order valence-corrected chi connectivity index (χ2v) is 4.95. The van der Waals surface area contributed by atoms with E-state index in [-0.39, 0.29) is 11.1 Å². The van der Waals surface area contributed by atoms with Gasteiger partial charge in [-0.15, -0.1) is 0 Å². The van der Waals surface area contributed by atoms with Gasteiger partial charge in [0, 0.05) is 30.8 Å². The zero-order chi connectivity index (χ0) is 14.5. The topological polar surface area (TPSA) is 71.3 Å². The van der Waals surface area contributed by atoms with Gasteiger partial charge in [-0.3, -0.25) is 25.3 Å². The molecule has 1 aliphatic rings. The van der Waals surface area contributed by atoms with E-state index in [2.05, 4.69) is 15.2 Å². The van der Waals surface area contributed by atoms with Gasteiger partial charge >= 0.3 is 0 Å². The summed E-state index contributed by atoms with van der Waals surface area (Å²) in [5, 5.41) is 14.6. The maximum atomic E-state index is 11.4. The van der Waals surface area contributed by atoms with Crippen LogP contribution in [0.4, 0.5) is 0 Å². The van der Waals surface area contributed by atoms with Crippen molar-refractivity contribution in [3.63, 3.8) is 0 Å². The number of hydrogen-bond acceptors (Lipinski definition) is 5. The third-order valence-corrected chi connectivity index (χ3v) is 3.69. The molecule has 6 nitrogen and oxygen atoms in total. The van der Waals surface area contributed by atoms with Gasteiger partial charge in [0.25, 0.3) is 6.04 Å². The van der Waals surface area contributed by atoms with E-state index in [1.165, 1.54) is 0 Å². The van der Waals surface area contributed by atoms with Crippen molar-refractivity contribution in [1.82, 2.24) is 15.2 Å². The maximum Gasteiger partial charge on any atom is 0.262 e. The van der Waals surface area contributed by atoms with Gasteiger partial charge in [0.2, 0.25) is 0 Å². The number of nitrogens with zero attached hydrogens (tertiary/aromatic N) is 3. The number of aromatic nitrogens is 1. The van der Waals surface area contributed by atoms with Crippen LogP contribution < -0.4 is 5.32 Å². The van der Waals surface area contributed by atoms with Crippen LogP contribution in [0.5, 0.6) is 0 Å². The average Bonchev–Trinajstić information content (AvgIpc) is 2.87. The molecule has 20 heavy (non-hydrogen) atoms. The molecule has 0 bridgehead atoms. The van der Waals surface area contributed by atoms with E-state index in [0.29, 0.717) is 6.54 Å². The molecule has 0 amide bonds. The second-order valence-electron chi connectivity index (χ2n) is 4.95. The van der Waals surface area contributed by atoms with Crippen molar-refractivity contribution >= 4 is 0 Å². The predicted molar refractivity (Wildman–Crippen MR) is 76.7 cm³/mol. The monoisotopic (exact) mass is 276 g/mol. The minimum Gasteiger partial charge on any atom is -0.294 e. The Bertz CT molecular complexity index is 489. The Kier molecular flexibility index (Phi) is 4.81. The summed E-state index contributed by atoms with van der Waals surface area (Å²) in [5.74, 6) is 0. The molecule has 0 aliphatic carbocycles. The number of nitrogens with one attached hydrogen (secondary N) is 1. The van der Waals surface area contributed by atoms with Gasteiger partial charge in [-0.05, 0) is 31.6 Å². The quantitative estimate of drug-likeness (QED) is 0.500. The molecule has 2 atom stereocenters. The van der Waals surface area contributed by atoms with Crippen LogP contribution in [0.2, 0.25) is 0 Å². The summed E-state index contributed by atoms with van der Waals surface area (Å²) in [6.45, 7) is 5.83. The van der Waals surface area contributed by atoms with E-state index in [1.54, 1.807) is 6.20 Å². The highest BCUT2D eigenvalue weighted by molar-refractivity contribution is 5.10. The minimum atomic E-state index is -0.716. The molecule has 1 aromatic heterocycles. The van der Waals surface area contributed by atoms with Crippen LogP contribution in [0.3, 0.4) is 0 Å². The summed E-state index contributed by atoms with van der Waals surface area (Å²) in [6, 6.07) is 5.03. The van der Waals surface area contributed by atoms with Gasteiger partial charge in [-0.1, -0.05) is 12.1 Å². The van der Waals surface area contributed by atoms with Crippen LogP contribution in [-0.4, -0.2) is 40.1 Å². The summed E-state index contributed by atoms with van der Waals surface area (Å²) in [4.78, 5) is 17.5. The fourth-order valence-corrected chi connectivity index (χ4v) is 2.51. The number of nitro groups is 1. The third kappa shape index (κ3) is 3.20. The van der Waals surface area contributed by atoms with Crippen molar-refractivity contribution in [2.75, 3.05) is 13.1 Å². The molecule has 1 aliphatic heterocycles. The smallest absolute Gasteiger partial charge is 0.262 e. The first-order valence-corrected chi connectivity index (χ1v) is 6.77. The largest absolute Gasteiger partial charge is 0.294 e. The van der Waals surface area contributed by atoms with Crippen molar-refractivity contribution in [3.05, 3.63) is 51.9 Å². The molecular weight excluding hydrogens is 256 g/mol. The van der Waals surface area contributed by atoms with Gasteiger partial charge in [-0.25, -0.2) is 0 Å². The van der Waals surface area contributed by atoms with Crippen LogP contribution in [0.15, 0.2) is 36.0 Å². The Morgan fingerprint density at radius 3 is 3.10 bits per heavy atom.